The Labute approximate surface area is 79.2 Å². The summed E-state index contributed by atoms with van der Waals surface area (Å²) in [6.07, 6.45) is 5.54. The number of rotatable bonds is 2. The van der Waals surface area contributed by atoms with Gasteiger partial charge in [-0.25, -0.2) is 0 Å². The van der Waals surface area contributed by atoms with Crippen LogP contribution in [0.15, 0.2) is 0 Å². The van der Waals surface area contributed by atoms with Crippen LogP contribution in [0.25, 0.3) is 0 Å². The van der Waals surface area contributed by atoms with Crippen molar-refractivity contribution in [1.29, 1.82) is 0 Å². The van der Waals surface area contributed by atoms with Gasteiger partial charge in [0.25, 0.3) is 0 Å². The van der Waals surface area contributed by atoms with Gasteiger partial charge >= 0.3 is 0 Å². The van der Waals surface area contributed by atoms with Gasteiger partial charge in [0.05, 0.1) is 12.2 Å². The Morgan fingerprint density at radius 1 is 1.08 bits per heavy atom. The smallest absolute Gasteiger partial charge is 0.0972 e. The molecular weight excluding hydrogens is 166 g/mol. The highest BCUT2D eigenvalue weighted by atomic mass is 16.3. The predicted molar refractivity (Wildman–Crippen MR) is 50.4 cm³/mol. The summed E-state index contributed by atoms with van der Waals surface area (Å²) in [7, 11) is 0. The van der Waals surface area contributed by atoms with Crippen molar-refractivity contribution >= 4 is 0 Å². The highest BCUT2D eigenvalue weighted by Gasteiger charge is 2.53. The van der Waals surface area contributed by atoms with E-state index in [4.69, 9.17) is 0 Å². The van der Waals surface area contributed by atoms with Gasteiger partial charge in [0.2, 0.25) is 0 Å². The van der Waals surface area contributed by atoms with Crippen molar-refractivity contribution in [3.05, 3.63) is 0 Å². The highest BCUT2D eigenvalue weighted by molar-refractivity contribution is 5.07. The van der Waals surface area contributed by atoms with Crippen molar-refractivity contribution in [3.8, 4) is 0 Å². The Hall–Kier alpha value is -0.120. The minimum absolute atomic E-state index is 0.144. The van der Waals surface area contributed by atoms with Crippen molar-refractivity contribution < 1.29 is 10.2 Å². The molecule has 1 aliphatic heterocycles. The Balaban J connectivity index is 2.12. The first kappa shape index (κ1) is 9.44. The molecule has 13 heavy (non-hydrogen) atoms. The summed E-state index contributed by atoms with van der Waals surface area (Å²) in [5.41, 5.74) is -0.821. The first-order valence-corrected chi connectivity index (χ1v) is 5.26. The van der Waals surface area contributed by atoms with Gasteiger partial charge in [-0.3, -0.25) is 0 Å². The molecule has 1 aliphatic carbocycles. The Kier molecular flexibility index (Phi) is 2.34. The third-order valence-electron chi connectivity index (χ3n) is 3.94. The Bertz CT molecular complexity index is 183. The molecule has 1 heterocycles. The van der Waals surface area contributed by atoms with E-state index in [2.05, 4.69) is 5.32 Å². The summed E-state index contributed by atoms with van der Waals surface area (Å²) >= 11 is 0. The SMILES string of the molecule is OCC1(C2(O)CNC2)CCCCC1. The molecule has 1 saturated carbocycles. The molecule has 1 saturated heterocycles. The van der Waals surface area contributed by atoms with E-state index < -0.39 is 5.60 Å². The van der Waals surface area contributed by atoms with Crippen LogP contribution in [0.2, 0.25) is 0 Å². The van der Waals surface area contributed by atoms with Crippen molar-refractivity contribution in [3.63, 3.8) is 0 Å². The van der Waals surface area contributed by atoms with Crippen LogP contribution < -0.4 is 5.32 Å². The van der Waals surface area contributed by atoms with Crippen LogP contribution in [0.5, 0.6) is 0 Å². The quantitative estimate of drug-likeness (QED) is 0.578. The molecule has 0 aromatic heterocycles. The summed E-state index contributed by atoms with van der Waals surface area (Å²) in [6.45, 7) is 1.46. The standard InChI is InChI=1S/C10H19NO2/c12-8-9(4-2-1-3-5-9)10(13)6-11-7-10/h11-13H,1-8H2. The molecule has 0 amide bonds. The number of aliphatic hydroxyl groups is 2. The average molecular weight is 185 g/mol. The maximum absolute atomic E-state index is 10.3. The number of hydrogen-bond donors (Lipinski definition) is 3. The first-order valence-electron chi connectivity index (χ1n) is 5.26. The van der Waals surface area contributed by atoms with Crippen molar-refractivity contribution in [2.75, 3.05) is 19.7 Å². The maximum Gasteiger partial charge on any atom is 0.0972 e. The molecule has 2 aliphatic rings. The minimum atomic E-state index is -0.623. The van der Waals surface area contributed by atoms with Gasteiger partial charge in [0, 0.05) is 18.5 Å². The molecule has 2 rings (SSSR count). The topological polar surface area (TPSA) is 52.5 Å². The Morgan fingerprint density at radius 3 is 2.08 bits per heavy atom. The fourth-order valence-corrected chi connectivity index (χ4v) is 2.74. The first-order chi connectivity index (χ1) is 6.22. The zero-order valence-electron chi connectivity index (χ0n) is 8.05. The molecule has 3 heteroatoms. The normalized spacial score (nSPS) is 30.9. The lowest BCUT2D eigenvalue weighted by Gasteiger charge is -2.53. The molecule has 0 aromatic carbocycles. The summed E-state index contributed by atoms with van der Waals surface area (Å²) in [6, 6.07) is 0. The largest absolute Gasteiger partial charge is 0.396 e. The van der Waals surface area contributed by atoms with Crippen LogP contribution in [0.1, 0.15) is 32.1 Å². The highest BCUT2D eigenvalue weighted by Crippen LogP contribution is 2.46. The number of nitrogens with one attached hydrogen (secondary N) is 1. The molecule has 0 atom stereocenters. The van der Waals surface area contributed by atoms with E-state index in [1.165, 1.54) is 6.42 Å². The maximum atomic E-state index is 10.3. The molecule has 2 fully saturated rings. The molecule has 3 nitrogen and oxygen atoms in total. The molecule has 0 bridgehead atoms. The zero-order valence-corrected chi connectivity index (χ0v) is 8.05. The lowest BCUT2D eigenvalue weighted by Crippen LogP contribution is -2.69. The van der Waals surface area contributed by atoms with Crippen LogP contribution in [0.4, 0.5) is 0 Å². The zero-order chi connectivity index (χ0) is 9.36. The van der Waals surface area contributed by atoms with Gasteiger partial charge in [0.15, 0.2) is 0 Å². The second-order valence-electron chi connectivity index (χ2n) is 4.63. The van der Waals surface area contributed by atoms with E-state index in [9.17, 15) is 10.2 Å². The van der Waals surface area contributed by atoms with Crippen LogP contribution >= 0.6 is 0 Å². The number of β-amino-alcohol motifs (C(OH)–C–C–N with tert-alkyl or cyclic N) is 1. The second kappa shape index (κ2) is 3.23. The van der Waals surface area contributed by atoms with Gasteiger partial charge in [-0.2, -0.15) is 0 Å². The van der Waals surface area contributed by atoms with Gasteiger partial charge in [-0.15, -0.1) is 0 Å². The Morgan fingerprint density at radius 2 is 1.69 bits per heavy atom. The number of hydrogen-bond acceptors (Lipinski definition) is 3. The summed E-state index contributed by atoms with van der Waals surface area (Å²) in [5, 5.41) is 22.8. The lowest BCUT2D eigenvalue weighted by atomic mass is 9.61. The molecule has 0 radical (unpaired) electrons. The van der Waals surface area contributed by atoms with Crippen molar-refractivity contribution in [2.24, 2.45) is 5.41 Å². The van der Waals surface area contributed by atoms with E-state index in [0.29, 0.717) is 13.1 Å². The fraction of sp³-hybridized carbons (Fsp3) is 1.00. The molecule has 0 spiro atoms. The molecular formula is C10H19NO2. The van der Waals surface area contributed by atoms with E-state index in [-0.39, 0.29) is 12.0 Å². The van der Waals surface area contributed by atoms with Crippen molar-refractivity contribution in [2.45, 2.75) is 37.7 Å². The minimum Gasteiger partial charge on any atom is -0.396 e. The van der Waals surface area contributed by atoms with Gasteiger partial charge in [-0.1, -0.05) is 19.3 Å². The number of aliphatic hydroxyl groups excluding tert-OH is 1. The van der Waals surface area contributed by atoms with Crippen LogP contribution in [0, 0.1) is 5.41 Å². The van der Waals surface area contributed by atoms with Gasteiger partial charge in [0.1, 0.15) is 0 Å². The van der Waals surface area contributed by atoms with Gasteiger partial charge in [-0.05, 0) is 12.8 Å². The summed E-state index contributed by atoms with van der Waals surface area (Å²) < 4.78 is 0. The molecule has 0 aromatic rings. The second-order valence-corrected chi connectivity index (χ2v) is 4.63. The van der Waals surface area contributed by atoms with Crippen LogP contribution in [-0.2, 0) is 0 Å². The van der Waals surface area contributed by atoms with E-state index in [1.807, 2.05) is 0 Å². The van der Waals surface area contributed by atoms with Crippen LogP contribution in [-0.4, -0.2) is 35.5 Å². The average Bonchev–Trinajstić information content (AvgIpc) is 2.15. The van der Waals surface area contributed by atoms with Crippen LogP contribution in [0.3, 0.4) is 0 Å². The predicted octanol–water partition coefficient (Wildman–Crippen LogP) is 0.263. The van der Waals surface area contributed by atoms with Gasteiger partial charge < -0.3 is 15.5 Å². The fourth-order valence-electron chi connectivity index (χ4n) is 2.74. The van der Waals surface area contributed by atoms with E-state index in [0.717, 1.165) is 25.7 Å². The summed E-state index contributed by atoms with van der Waals surface area (Å²) in [5.74, 6) is 0. The van der Waals surface area contributed by atoms with E-state index in [1.54, 1.807) is 0 Å². The van der Waals surface area contributed by atoms with E-state index >= 15 is 0 Å². The molecule has 3 N–H and O–H groups in total. The lowest BCUT2D eigenvalue weighted by molar-refractivity contribution is -0.155. The summed E-state index contributed by atoms with van der Waals surface area (Å²) in [4.78, 5) is 0. The molecule has 76 valence electrons. The third-order valence-corrected chi connectivity index (χ3v) is 3.94. The monoisotopic (exact) mass is 185 g/mol. The van der Waals surface area contributed by atoms with Crippen molar-refractivity contribution in [1.82, 2.24) is 5.32 Å². The third kappa shape index (κ3) is 1.30. The molecule has 0 unspecified atom stereocenters.